The minimum Gasteiger partial charge on any atom is -0.480 e. The van der Waals surface area contributed by atoms with E-state index in [1.807, 2.05) is 6.92 Å². The van der Waals surface area contributed by atoms with Crippen LogP contribution in [0.3, 0.4) is 0 Å². The fourth-order valence-electron chi connectivity index (χ4n) is 1.57. The number of carbonyl (C=O) groups is 2. The third-order valence-electron chi connectivity index (χ3n) is 2.94. The van der Waals surface area contributed by atoms with E-state index in [1.165, 1.54) is 6.07 Å². The minimum atomic E-state index is -1.07. The van der Waals surface area contributed by atoms with Crippen LogP contribution in [0.1, 0.15) is 20.3 Å². The zero-order valence-electron chi connectivity index (χ0n) is 11.1. The second-order valence-corrected chi connectivity index (χ2v) is 5.24. The van der Waals surface area contributed by atoms with Crippen molar-refractivity contribution in [2.45, 2.75) is 26.3 Å². The van der Waals surface area contributed by atoms with Crippen molar-refractivity contribution in [3.63, 3.8) is 0 Å². The molecule has 0 bridgehead atoms. The van der Waals surface area contributed by atoms with Crippen molar-refractivity contribution in [3.8, 4) is 0 Å². The molecular formula is C13H16Cl2N2O3. The molecule has 0 saturated carbocycles. The Morgan fingerprint density at radius 3 is 2.45 bits per heavy atom. The molecule has 2 atom stereocenters. The summed E-state index contributed by atoms with van der Waals surface area (Å²) in [5.41, 5.74) is 0.435. The first-order chi connectivity index (χ1) is 9.35. The number of anilines is 1. The Labute approximate surface area is 127 Å². The van der Waals surface area contributed by atoms with Crippen LogP contribution in [0.4, 0.5) is 10.5 Å². The molecule has 110 valence electrons. The van der Waals surface area contributed by atoms with Gasteiger partial charge in [-0.15, -0.1) is 0 Å². The van der Waals surface area contributed by atoms with Gasteiger partial charge in [0.1, 0.15) is 6.04 Å². The molecule has 0 heterocycles. The maximum atomic E-state index is 11.8. The lowest BCUT2D eigenvalue weighted by Gasteiger charge is -2.20. The molecule has 2 unspecified atom stereocenters. The lowest BCUT2D eigenvalue weighted by Crippen LogP contribution is -2.46. The Bertz CT molecular complexity index is 508. The van der Waals surface area contributed by atoms with Crippen molar-refractivity contribution in [3.05, 3.63) is 28.2 Å². The van der Waals surface area contributed by atoms with E-state index in [2.05, 4.69) is 10.6 Å². The van der Waals surface area contributed by atoms with Crippen LogP contribution in [0.2, 0.25) is 10.0 Å². The average molecular weight is 319 g/mol. The molecule has 0 fully saturated rings. The number of carboxylic acid groups (broad SMARTS) is 1. The first-order valence-electron chi connectivity index (χ1n) is 6.10. The van der Waals surface area contributed by atoms with E-state index >= 15 is 0 Å². The molecule has 0 aliphatic heterocycles. The Hall–Kier alpha value is -1.46. The summed E-state index contributed by atoms with van der Waals surface area (Å²) >= 11 is 11.6. The van der Waals surface area contributed by atoms with Crippen LogP contribution in [0.5, 0.6) is 0 Å². The first-order valence-corrected chi connectivity index (χ1v) is 6.86. The number of hydrogen-bond donors (Lipinski definition) is 3. The molecule has 5 nitrogen and oxygen atoms in total. The molecule has 2 amide bonds. The predicted octanol–water partition coefficient (Wildman–Crippen LogP) is 3.61. The molecule has 0 saturated heterocycles. The van der Waals surface area contributed by atoms with E-state index in [9.17, 15) is 9.59 Å². The van der Waals surface area contributed by atoms with Gasteiger partial charge in [0, 0.05) is 5.69 Å². The highest BCUT2D eigenvalue weighted by molar-refractivity contribution is 6.42. The minimum absolute atomic E-state index is 0.174. The molecule has 0 aliphatic rings. The number of carbonyl (C=O) groups excluding carboxylic acids is 1. The van der Waals surface area contributed by atoms with Gasteiger partial charge in [-0.05, 0) is 24.1 Å². The third-order valence-corrected chi connectivity index (χ3v) is 3.68. The van der Waals surface area contributed by atoms with Crippen molar-refractivity contribution in [2.75, 3.05) is 5.32 Å². The quantitative estimate of drug-likeness (QED) is 0.775. The van der Waals surface area contributed by atoms with E-state index in [1.54, 1.807) is 19.1 Å². The van der Waals surface area contributed by atoms with Crippen LogP contribution in [0.25, 0.3) is 0 Å². The van der Waals surface area contributed by atoms with Crippen molar-refractivity contribution < 1.29 is 14.7 Å². The van der Waals surface area contributed by atoms with Gasteiger partial charge in [-0.3, -0.25) is 0 Å². The number of aliphatic carboxylic acids is 1. The van der Waals surface area contributed by atoms with Crippen LogP contribution in [-0.4, -0.2) is 23.1 Å². The molecule has 0 aliphatic carbocycles. The smallest absolute Gasteiger partial charge is 0.326 e. The number of urea groups is 1. The number of hydrogen-bond acceptors (Lipinski definition) is 2. The number of nitrogens with one attached hydrogen (secondary N) is 2. The maximum Gasteiger partial charge on any atom is 0.326 e. The molecule has 1 rings (SSSR count). The normalized spacial score (nSPS) is 13.4. The molecule has 7 heteroatoms. The largest absolute Gasteiger partial charge is 0.480 e. The van der Waals surface area contributed by atoms with E-state index in [0.29, 0.717) is 22.2 Å². The fourth-order valence-corrected chi connectivity index (χ4v) is 1.86. The van der Waals surface area contributed by atoms with Crippen LogP contribution in [0.15, 0.2) is 18.2 Å². The van der Waals surface area contributed by atoms with E-state index in [-0.39, 0.29) is 5.92 Å². The first kappa shape index (κ1) is 16.6. The lowest BCUT2D eigenvalue weighted by molar-refractivity contribution is -0.140. The SMILES string of the molecule is CCC(C)C(NC(=O)Nc1ccc(Cl)c(Cl)c1)C(=O)O. The Morgan fingerprint density at radius 1 is 1.30 bits per heavy atom. The number of amides is 2. The summed E-state index contributed by atoms with van der Waals surface area (Å²) in [5.74, 6) is -1.24. The van der Waals surface area contributed by atoms with Gasteiger partial charge in [-0.1, -0.05) is 43.5 Å². The lowest BCUT2D eigenvalue weighted by atomic mass is 9.99. The van der Waals surface area contributed by atoms with E-state index < -0.39 is 18.0 Å². The van der Waals surface area contributed by atoms with Crippen molar-refractivity contribution in [1.29, 1.82) is 0 Å². The van der Waals surface area contributed by atoms with Gasteiger partial charge >= 0.3 is 12.0 Å². The van der Waals surface area contributed by atoms with Gasteiger partial charge in [0.25, 0.3) is 0 Å². The summed E-state index contributed by atoms with van der Waals surface area (Å²) in [6.45, 7) is 3.62. The van der Waals surface area contributed by atoms with E-state index in [4.69, 9.17) is 28.3 Å². The molecular weight excluding hydrogens is 303 g/mol. The van der Waals surface area contributed by atoms with Gasteiger partial charge in [-0.25, -0.2) is 9.59 Å². The highest BCUT2D eigenvalue weighted by Gasteiger charge is 2.25. The summed E-state index contributed by atoms with van der Waals surface area (Å²) in [6.07, 6.45) is 0.643. The van der Waals surface area contributed by atoms with Gasteiger partial charge in [-0.2, -0.15) is 0 Å². The summed E-state index contributed by atoms with van der Waals surface area (Å²) < 4.78 is 0. The molecule has 0 radical (unpaired) electrons. The summed E-state index contributed by atoms with van der Waals surface area (Å²) in [7, 11) is 0. The number of halogens is 2. The highest BCUT2D eigenvalue weighted by atomic mass is 35.5. The van der Waals surface area contributed by atoms with Crippen LogP contribution in [0, 0.1) is 5.92 Å². The Kier molecular flexibility index (Phi) is 6.10. The van der Waals surface area contributed by atoms with Gasteiger partial charge in [0.15, 0.2) is 0 Å². The Balaban J connectivity index is 2.70. The maximum absolute atomic E-state index is 11.8. The van der Waals surface area contributed by atoms with Crippen LogP contribution in [-0.2, 0) is 4.79 Å². The van der Waals surface area contributed by atoms with Crippen LogP contribution >= 0.6 is 23.2 Å². The average Bonchev–Trinajstić information content (AvgIpc) is 2.39. The van der Waals surface area contributed by atoms with Crippen molar-refractivity contribution in [2.24, 2.45) is 5.92 Å². The van der Waals surface area contributed by atoms with Crippen molar-refractivity contribution in [1.82, 2.24) is 5.32 Å². The highest BCUT2D eigenvalue weighted by Crippen LogP contribution is 2.24. The zero-order valence-corrected chi connectivity index (χ0v) is 12.6. The van der Waals surface area contributed by atoms with E-state index in [0.717, 1.165) is 0 Å². The summed E-state index contributed by atoms with van der Waals surface area (Å²) in [5, 5.41) is 14.7. The summed E-state index contributed by atoms with van der Waals surface area (Å²) in [4.78, 5) is 22.9. The predicted molar refractivity (Wildman–Crippen MR) is 79.5 cm³/mol. The fraction of sp³-hybridized carbons (Fsp3) is 0.385. The van der Waals surface area contributed by atoms with Gasteiger partial charge < -0.3 is 15.7 Å². The molecule has 20 heavy (non-hydrogen) atoms. The Morgan fingerprint density at radius 2 is 1.95 bits per heavy atom. The monoisotopic (exact) mass is 318 g/mol. The number of benzene rings is 1. The van der Waals surface area contributed by atoms with Gasteiger partial charge in [0.05, 0.1) is 10.0 Å². The second-order valence-electron chi connectivity index (χ2n) is 4.43. The number of rotatable bonds is 5. The van der Waals surface area contributed by atoms with Crippen LogP contribution < -0.4 is 10.6 Å². The summed E-state index contributed by atoms with van der Waals surface area (Å²) in [6, 6.07) is 3.07. The molecule has 0 spiro atoms. The third kappa shape index (κ3) is 4.58. The molecule has 0 aromatic heterocycles. The van der Waals surface area contributed by atoms with Gasteiger partial charge in [0.2, 0.25) is 0 Å². The molecule has 3 N–H and O–H groups in total. The molecule has 1 aromatic carbocycles. The van der Waals surface area contributed by atoms with Crippen molar-refractivity contribution >= 4 is 40.9 Å². The molecule has 1 aromatic rings. The zero-order chi connectivity index (χ0) is 15.3. The topological polar surface area (TPSA) is 78.4 Å². The second kappa shape index (κ2) is 7.36. The number of carboxylic acids is 1. The standard InChI is InChI=1S/C13H16Cl2N2O3/c1-3-7(2)11(12(18)19)17-13(20)16-8-4-5-9(14)10(15)6-8/h4-7,11H,3H2,1-2H3,(H,18,19)(H2,16,17,20).